The Morgan fingerprint density at radius 3 is 2.35 bits per heavy atom. The SMILES string of the molecule is C=C/C(=C\C)CN(Cc1ccccc1)C(=O)N(c1ccccc1)c1ncccc1C#N. The second kappa shape index (κ2) is 10.6. The summed E-state index contributed by atoms with van der Waals surface area (Å²) in [5, 5.41) is 9.63. The van der Waals surface area contributed by atoms with E-state index in [1.165, 1.54) is 4.90 Å². The molecular weight excluding hydrogens is 384 g/mol. The van der Waals surface area contributed by atoms with Crippen LogP contribution in [0.15, 0.2) is 103 Å². The number of para-hydroxylation sites is 1. The number of pyridine rings is 1. The first kappa shape index (κ1) is 21.5. The number of rotatable bonds is 7. The zero-order valence-electron chi connectivity index (χ0n) is 17.5. The lowest BCUT2D eigenvalue weighted by Gasteiger charge is -2.31. The van der Waals surface area contributed by atoms with Gasteiger partial charge in [0.1, 0.15) is 6.07 Å². The van der Waals surface area contributed by atoms with Crippen molar-refractivity contribution in [2.24, 2.45) is 0 Å². The molecule has 0 aliphatic carbocycles. The Morgan fingerprint density at radius 2 is 1.74 bits per heavy atom. The maximum Gasteiger partial charge on any atom is 0.330 e. The molecule has 0 radical (unpaired) electrons. The van der Waals surface area contributed by atoms with E-state index in [9.17, 15) is 10.1 Å². The fourth-order valence-electron chi connectivity index (χ4n) is 3.19. The van der Waals surface area contributed by atoms with Crippen LogP contribution in [0.3, 0.4) is 0 Å². The number of carbonyl (C=O) groups is 1. The number of allylic oxidation sites excluding steroid dienone is 1. The van der Waals surface area contributed by atoms with E-state index in [0.717, 1.165) is 11.1 Å². The molecular formula is C26H24N4O. The van der Waals surface area contributed by atoms with Crippen molar-refractivity contribution in [1.29, 1.82) is 5.26 Å². The van der Waals surface area contributed by atoms with Crippen LogP contribution < -0.4 is 4.90 Å². The van der Waals surface area contributed by atoms with Gasteiger partial charge in [0, 0.05) is 19.3 Å². The Hall–Kier alpha value is -4.17. The van der Waals surface area contributed by atoms with Crippen molar-refractivity contribution in [2.45, 2.75) is 13.5 Å². The van der Waals surface area contributed by atoms with Gasteiger partial charge in [0.15, 0.2) is 5.82 Å². The summed E-state index contributed by atoms with van der Waals surface area (Å²) in [5.41, 5.74) is 2.90. The number of nitrogens with zero attached hydrogens (tertiary/aromatic N) is 4. The van der Waals surface area contributed by atoms with Crippen LogP contribution in [0, 0.1) is 11.3 Å². The van der Waals surface area contributed by atoms with Gasteiger partial charge in [-0.2, -0.15) is 5.26 Å². The number of aromatic nitrogens is 1. The molecule has 0 N–H and O–H groups in total. The third-order valence-corrected chi connectivity index (χ3v) is 4.82. The summed E-state index contributed by atoms with van der Waals surface area (Å²) in [6, 6.07) is 24.3. The maximum absolute atomic E-state index is 13.9. The normalized spacial score (nSPS) is 10.8. The minimum atomic E-state index is -0.272. The smallest absolute Gasteiger partial charge is 0.315 e. The van der Waals surface area contributed by atoms with E-state index >= 15 is 0 Å². The number of benzene rings is 2. The molecule has 0 aliphatic heterocycles. The monoisotopic (exact) mass is 408 g/mol. The molecule has 2 aromatic carbocycles. The number of nitriles is 1. The van der Waals surface area contributed by atoms with E-state index in [1.807, 2.05) is 73.7 Å². The summed E-state index contributed by atoms with van der Waals surface area (Å²) in [5.74, 6) is 0.305. The topological polar surface area (TPSA) is 60.2 Å². The molecule has 1 heterocycles. The minimum Gasteiger partial charge on any atom is -0.315 e. The molecule has 0 aliphatic rings. The number of anilines is 2. The first-order chi connectivity index (χ1) is 15.2. The molecule has 1 aromatic heterocycles. The number of hydrogen-bond donors (Lipinski definition) is 0. The fraction of sp³-hybridized carbons (Fsp3) is 0.115. The third kappa shape index (κ3) is 5.26. The Labute approximate surface area is 183 Å². The maximum atomic E-state index is 13.9. The van der Waals surface area contributed by atoms with E-state index in [-0.39, 0.29) is 6.03 Å². The average molecular weight is 409 g/mol. The number of hydrogen-bond acceptors (Lipinski definition) is 3. The molecule has 0 spiro atoms. The van der Waals surface area contributed by atoms with Crippen LogP contribution in [0.2, 0.25) is 0 Å². The second-order valence-corrected chi connectivity index (χ2v) is 6.85. The standard InChI is InChI=1S/C26H24N4O/c1-3-21(4-2)19-29(20-22-12-7-5-8-13-22)26(31)30(24-15-9-6-10-16-24)25-23(18-27)14-11-17-28-25/h3-17H,1,19-20H2,2H3/b21-4+. The summed E-state index contributed by atoms with van der Waals surface area (Å²) in [6.07, 6.45) is 5.27. The molecule has 0 unspecified atom stereocenters. The largest absolute Gasteiger partial charge is 0.330 e. The molecule has 5 nitrogen and oxygen atoms in total. The summed E-state index contributed by atoms with van der Waals surface area (Å²) in [6.45, 7) is 6.57. The van der Waals surface area contributed by atoms with E-state index in [0.29, 0.717) is 30.2 Å². The zero-order chi connectivity index (χ0) is 22.1. The van der Waals surface area contributed by atoms with Crippen LogP contribution in [0.25, 0.3) is 0 Å². The van der Waals surface area contributed by atoms with Crippen molar-refractivity contribution >= 4 is 17.5 Å². The van der Waals surface area contributed by atoms with Gasteiger partial charge in [-0.15, -0.1) is 0 Å². The lowest BCUT2D eigenvalue weighted by atomic mass is 10.1. The summed E-state index contributed by atoms with van der Waals surface area (Å²) < 4.78 is 0. The first-order valence-corrected chi connectivity index (χ1v) is 9.98. The minimum absolute atomic E-state index is 0.272. The van der Waals surface area contributed by atoms with Crippen LogP contribution in [-0.4, -0.2) is 22.5 Å². The molecule has 0 saturated heterocycles. The predicted octanol–water partition coefficient (Wildman–Crippen LogP) is 5.85. The highest BCUT2D eigenvalue weighted by molar-refractivity contribution is 5.99. The van der Waals surface area contributed by atoms with Crippen molar-refractivity contribution in [2.75, 3.05) is 11.4 Å². The van der Waals surface area contributed by atoms with Crippen molar-refractivity contribution in [3.05, 3.63) is 114 Å². The highest BCUT2D eigenvalue weighted by Gasteiger charge is 2.27. The van der Waals surface area contributed by atoms with Gasteiger partial charge in [-0.3, -0.25) is 0 Å². The molecule has 0 bridgehead atoms. The molecule has 2 amide bonds. The second-order valence-electron chi connectivity index (χ2n) is 6.85. The molecule has 0 atom stereocenters. The Bertz CT molecular complexity index is 1100. The molecule has 0 fully saturated rings. The van der Waals surface area contributed by atoms with Crippen molar-refractivity contribution < 1.29 is 4.79 Å². The van der Waals surface area contributed by atoms with Gasteiger partial charge in [-0.05, 0) is 42.3 Å². The van der Waals surface area contributed by atoms with Crippen LogP contribution >= 0.6 is 0 Å². The number of amides is 2. The lowest BCUT2D eigenvalue weighted by Crippen LogP contribution is -2.42. The summed E-state index contributed by atoms with van der Waals surface area (Å²) >= 11 is 0. The van der Waals surface area contributed by atoms with Gasteiger partial charge < -0.3 is 4.90 Å². The predicted molar refractivity (Wildman–Crippen MR) is 124 cm³/mol. The zero-order valence-corrected chi connectivity index (χ0v) is 17.5. The molecule has 31 heavy (non-hydrogen) atoms. The van der Waals surface area contributed by atoms with Crippen molar-refractivity contribution in [1.82, 2.24) is 9.88 Å². The van der Waals surface area contributed by atoms with Gasteiger partial charge in [0.25, 0.3) is 0 Å². The fourth-order valence-corrected chi connectivity index (χ4v) is 3.19. The molecule has 5 heteroatoms. The Balaban J connectivity index is 2.08. The van der Waals surface area contributed by atoms with E-state index in [1.54, 1.807) is 29.3 Å². The lowest BCUT2D eigenvalue weighted by molar-refractivity contribution is 0.209. The van der Waals surface area contributed by atoms with E-state index in [4.69, 9.17) is 0 Å². The van der Waals surface area contributed by atoms with E-state index in [2.05, 4.69) is 17.6 Å². The average Bonchev–Trinajstić information content (AvgIpc) is 2.83. The molecule has 3 aromatic rings. The quantitative estimate of drug-likeness (QED) is 0.461. The summed E-state index contributed by atoms with van der Waals surface area (Å²) in [4.78, 5) is 21.5. The van der Waals surface area contributed by atoms with Gasteiger partial charge in [-0.1, -0.05) is 67.3 Å². The van der Waals surface area contributed by atoms with Crippen molar-refractivity contribution in [3.63, 3.8) is 0 Å². The Kier molecular flexibility index (Phi) is 7.34. The van der Waals surface area contributed by atoms with Crippen molar-refractivity contribution in [3.8, 4) is 6.07 Å². The van der Waals surface area contributed by atoms with Gasteiger partial charge in [-0.25, -0.2) is 14.7 Å². The molecule has 3 rings (SSSR count). The number of carbonyl (C=O) groups excluding carboxylic acids is 1. The van der Waals surface area contributed by atoms with Crippen LogP contribution in [0.1, 0.15) is 18.1 Å². The van der Waals surface area contributed by atoms with Crippen LogP contribution in [0.4, 0.5) is 16.3 Å². The highest BCUT2D eigenvalue weighted by Crippen LogP contribution is 2.28. The van der Waals surface area contributed by atoms with Crippen LogP contribution in [0.5, 0.6) is 0 Å². The third-order valence-electron chi connectivity index (χ3n) is 4.82. The van der Waals surface area contributed by atoms with Gasteiger partial charge in [0.05, 0.1) is 11.3 Å². The summed E-state index contributed by atoms with van der Waals surface area (Å²) in [7, 11) is 0. The molecule has 0 saturated carbocycles. The molecule has 154 valence electrons. The van der Waals surface area contributed by atoms with Gasteiger partial charge in [0.2, 0.25) is 0 Å². The Morgan fingerprint density at radius 1 is 1.06 bits per heavy atom. The number of urea groups is 1. The first-order valence-electron chi connectivity index (χ1n) is 9.98. The van der Waals surface area contributed by atoms with E-state index < -0.39 is 0 Å². The van der Waals surface area contributed by atoms with Crippen LogP contribution in [-0.2, 0) is 6.54 Å². The van der Waals surface area contributed by atoms with Gasteiger partial charge >= 0.3 is 6.03 Å². The highest BCUT2D eigenvalue weighted by atomic mass is 16.2.